The van der Waals surface area contributed by atoms with Gasteiger partial charge in [-0.1, -0.05) is 42.5 Å². The Hall–Kier alpha value is -3.11. The molecule has 0 fully saturated rings. The molecule has 2 N–H and O–H groups in total. The summed E-state index contributed by atoms with van der Waals surface area (Å²) in [4.78, 5) is 24.5. The maximum absolute atomic E-state index is 13.3. The van der Waals surface area contributed by atoms with Gasteiger partial charge in [-0.15, -0.1) is 11.3 Å². The topological polar surface area (TPSA) is 87.6 Å². The van der Waals surface area contributed by atoms with Crippen molar-refractivity contribution in [3.63, 3.8) is 0 Å². The van der Waals surface area contributed by atoms with Gasteiger partial charge < -0.3 is 9.84 Å². The lowest BCUT2D eigenvalue weighted by molar-refractivity contribution is 0.102. The average molecular weight is 493 g/mol. The molecule has 0 unspecified atom stereocenters. The molecule has 0 bridgehead atoms. The Kier molecular flexibility index (Phi) is 6.68. The SMILES string of the molecule is CCN(CCO)CCOc1cc2ccccc2cc1C(=O)Nc1nc2ccc3scnc3c2s1. The molecule has 7 nitrogen and oxygen atoms in total. The summed E-state index contributed by atoms with van der Waals surface area (Å²) < 4.78 is 8.14. The second-order valence-corrected chi connectivity index (χ2v) is 9.67. The summed E-state index contributed by atoms with van der Waals surface area (Å²) in [5, 5.41) is 14.7. The van der Waals surface area contributed by atoms with E-state index in [-0.39, 0.29) is 12.5 Å². The number of benzene rings is 3. The van der Waals surface area contributed by atoms with Gasteiger partial charge in [0.2, 0.25) is 0 Å². The summed E-state index contributed by atoms with van der Waals surface area (Å²) in [6.07, 6.45) is 0. The van der Waals surface area contributed by atoms with Crippen LogP contribution in [0.25, 0.3) is 31.2 Å². The van der Waals surface area contributed by atoms with Crippen LogP contribution in [0, 0.1) is 0 Å². The third-order valence-electron chi connectivity index (χ3n) is 5.70. The average Bonchev–Trinajstić information content (AvgIpc) is 3.49. The van der Waals surface area contributed by atoms with Crippen molar-refractivity contribution in [2.75, 3.05) is 38.2 Å². The van der Waals surface area contributed by atoms with Gasteiger partial charge in [-0.3, -0.25) is 15.0 Å². The molecule has 0 aliphatic rings. The number of aromatic nitrogens is 2. The molecule has 174 valence electrons. The van der Waals surface area contributed by atoms with Crippen molar-refractivity contribution in [3.8, 4) is 5.75 Å². The Morgan fingerprint density at radius 1 is 1.15 bits per heavy atom. The van der Waals surface area contributed by atoms with Gasteiger partial charge in [0.1, 0.15) is 17.9 Å². The van der Waals surface area contributed by atoms with Gasteiger partial charge in [0.05, 0.1) is 32.6 Å². The second-order valence-electron chi connectivity index (χ2n) is 7.79. The molecular formula is C25H24N4O3S2. The zero-order valence-corrected chi connectivity index (χ0v) is 20.3. The lowest BCUT2D eigenvalue weighted by Gasteiger charge is -2.20. The summed E-state index contributed by atoms with van der Waals surface area (Å²) in [6, 6.07) is 15.6. The van der Waals surface area contributed by atoms with Crippen molar-refractivity contribution < 1.29 is 14.6 Å². The number of ether oxygens (including phenoxy) is 1. The lowest BCUT2D eigenvalue weighted by Crippen LogP contribution is -2.31. The number of hydrogen-bond donors (Lipinski definition) is 2. The van der Waals surface area contributed by atoms with Crippen molar-refractivity contribution in [1.82, 2.24) is 14.9 Å². The van der Waals surface area contributed by atoms with Crippen LogP contribution in [0.4, 0.5) is 5.13 Å². The standard InChI is InChI=1S/C25H24N4O3S2/c1-2-29(9-11-30)10-12-32-20-14-17-6-4-3-5-16(17)13-18(20)24(31)28-25-27-19-7-8-21-22(23(19)34-25)26-15-33-21/h3-8,13-15,30H,2,9-12H2,1H3,(H,27,28,31). The zero-order chi connectivity index (χ0) is 23.5. The molecule has 0 aliphatic carbocycles. The van der Waals surface area contributed by atoms with Crippen LogP contribution >= 0.6 is 22.7 Å². The number of aliphatic hydroxyl groups is 1. The number of nitrogens with one attached hydrogen (secondary N) is 1. The van der Waals surface area contributed by atoms with Crippen LogP contribution in [-0.2, 0) is 0 Å². The van der Waals surface area contributed by atoms with Gasteiger partial charge in [0, 0.05) is 13.1 Å². The Morgan fingerprint density at radius 3 is 2.76 bits per heavy atom. The Morgan fingerprint density at radius 2 is 1.97 bits per heavy atom. The van der Waals surface area contributed by atoms with Crippen LogP contribution < -0.4 is 10.1 Å². The molecule has 0 radical (unpaired) electrons. The van der Waals surface area contributed by atoms with E-state index in [0.717, 1.165) is 37.8 Å². The van der Waals surface area contributed by atoms with Crippen LogP contribution in [0.3, 0.4) is 0 Å². The predicted molar refractivity (Wildman–Crippen MR) is 139 cm³/mol. The maximum Gasteiger partial charge on any atom is 0.261 e. The molecule has 9 heteroatoms. The van der Waals surface area contributed by atoms with E-state index in [1.54, 1.807) is 11.3 Å². The summed E-state index contributed by atoms with van der Waals surface area (Å²) in [5.74, 6) is 0.260. The number of fused-ring (bicyclic) bond motifs is 4. The van der Waals surface area contributed by atoms with Gasteiger partial charge in [0.25, 0.3) is 5.91 Å². The first-order chi connectivity index (χ1) is 16.7. The number of amides is 1. The highest BCUT2D eigenvalue weighted by atomic mass is 32.1. The van der Waals surface area contributed by atoms with Crippen LogP contribution in [-0.4, -0.2) is 58.7 Å². The molecule has 2 heterocycles. The zero-order valence-electron chi connectivity index (χ0n) is 18.7. The Labute approximate surface area is 204 Å². The molecule has 5 aromatic rings. The second kappa shape index (κ2) is 10.0. The van der Waals surface area contributed by atoms with Crippen LogP contribution in [0.5, 0.6) is 5.75 Å². The fourth-order valence-electron chi connectivity index (χ4n) is 3.90. The highest BCUT2D eigenvalue weighted by Gasteiger charge is 2.18. The number of rotatable bonds is 9. The first-order valence-corrected chi connectivity index (χ1v) is 12.8. The van der Waals surface area contributed by atoms with Crippen molar-refractivity contribution >= 4 is 64.9 Å². The third-order valence-corrected chi connectivity index (χ3v) is 7.48. The number of hydrogen-bond acceptors (Lipinski definition) is 8. The number of thiazole rings is 2. The Bertz CT molecular complexity index is 1460. The number of carbonyl (C=O) groups excluding carboxylic acids is 1. The van der Waals surface area contributed by atoms with Gasteiger partial charge in [-0.25, -0.2) is 9.97 Å². The van der Waals surface area contributed by atoms with E-state index in [4.69, 9.17) is 4.74 Å². The maximum atomic E-state index is 13.3. The predicted octanol–water partition coefficient (Wildman–Crippen LogP) is 5.00. The molecule has 1 amide bonds. The molecule has 0 atom stereocenters. The van der Waals surface area contributed by atoms with Crippen LogP contribution in [0.2, 0.25) is 0 Å². The number of likely N-dealkylation sites (N-methyl/N-ethyl adjacent to an activating group) is 1. The molecule has 2 aromatic heterocycles. The number of carbonyl (C=O) groups is 1. The van der Waals surface area contributed by atoms with Crippen molar-refractivity contribution in [2.24, 2.45) is 0 Å². The molecule has 0 saturated heterocycles. The lowest BCUT2D eigenvalue weighted by atomic mass is 10.1. The molecule has 34 heavy (non-hydrogen) atoms. The first kappa shape index (κ1) is 22.7. The minimum absolute atomic E-state index is 0.104. The molecule has 5 rings (SSSR count). The largest absolute Gasteiger partial charge is 0.491 e. The molecule has 3 aromatic carbocycles. The van der Waals surface area contributed by atoms with E-state index in [2.05, 4.69) is 20.2 Å². The molecule has 0 saturated carbocycles. The van der Waals surface area contributed by atoms with E-state index < -0.39 is 0 Å². The van der Waals surface area contributed by atoms with Crippen molar-refractivity contribution in [3.05, 3.63) is 59.6 Å². The normalized spacial score (nSPS) is 11.6. The number of nitrogens with zero attached hydrogens (tertiary/aromatic N) is 3. The minimum Gasteiger partial charge on any atom is -0.491 e. The Balaban J connectivity index is 1.42. The smallest absolute Gasteiger partial charge is 0.261 e. The van der Waals surface area contributed by atoms with Crippen LogP contribution in [0.1, 0.15) is 17.3 Å². The van der Waals surface area contributed by atoms with Crippen molar-refractivity contribution in [2.45, 2.75) is 6.92 Å². The van der Waals surface area contributed by atoms with E-state index in [0.29, 0.717) is 36.1 Å². The van der Waals surface area contributed by atoms with Gasteiger partial charge in [-0.05, 0) is 41.6 Å². The van der Waals surface area contributed by atoms with E-state index in [1.807, 2.05) is 61.0 Å². The minimum atomic E-state index is -0.267. The summed E-state index contributed by atoms with van der Waals surface area (Å²) in [7, 11) is 0. The van der Waals surface area contributed by atoms with E-state index in [9.17, 15) is 9.90 Å². The van der Waals surface area contributed by atoms with Crippen molar-refractivity contribution in [1.29, 1.82) is 0 Å². The van der Waals surface area contributed by atoms with Gasteiger partial charge in [0.15, 0.2) is 5.13 Å². The number of aliphatic hydroxyl groups excluding tert-OH is 1. The quantitative estimate of drug-likeness (QED) is 0.301. The first-order valence-electron chi connectivity index (χ1n) is 11.1. The summed E-state index contributed by atoms with van der Waals surface area (Å²) >= 11 is 3.01. The molecule has 0 spiro atoms. The fourth-order valence-corrected chi connectivity index (χ4v) is 5.61. The molecule has 0 aliphatic heterocycles. The highest BCUT2D eigenvalue weighted by molar-refractivity contribution is 7.24. The number of anilines is 1. The van der Waals surface area contributed by atoms with Crippen LogP contribution in [0.15, 0.2) is 54.0 Å². The summed E-state index contributed by atoms with van der Waals surface area (Å²) in [6.45, 7) is 4.63. The van der Waals surface area contributed by atoms with Gasteiger partial charge >= 0.3 is 0 Å². The fraction of sp³-hybridized carbons (Fsp3) is 0.240. The molecular weight excluding hydrogens is 468 g/mol. The third kappa shape index (κ3) is 4.60. The monoisotopic (exact) mass is 492 g/mol. The summed E-state index contributed by atoms with van der Waals surface area (Å²) in [5.41, 5.74) is 4.01. The van der Waals surface area contributed by atoms with E-state index in [1.165, 1.54) is 11.3 Å². The van der Waals surface area contributed by atoms with Gasteiger partial charge in [-0.2, -0.15) is 0 Å². The van der Waals surface area contributed by atoms with E-state index >= 15 is 0 Å². The highest BCUT2D eigenvalue weighted by Crippen LogP contribution is 2.34.